The zero-order chi connectivity index (χ0) is 12.1. The second-order valence-electron chi connectivity index (χ2n) is 2.70. The van der Waals surface area contributed by atoms with Gasteiger partial charge < -0.3 is 15.3 Å². The molecule has 0 aliphatic heterocycles. The molecule has 1 rings (SSSR count). The smallest absolute Gasteiger partial charge is 0.270 e. The van der Waals surface area contributed by atoms with Crippen LogP contribution in [0.5, 0.6) is 5.75 Å². The molecule has 16 heavy (non-hydrogen) atoms. The molecule has 2 N–H and O–H groups in total. The summed E-state index contributed by atoms with van der Waals surface area (Å²) in [6.45, 7) is 0. The zero-order valence-electron chi connectivity index (χ0n) is 8.20. The summed E-state index contributed by atoms with van der Waals surface area (Å²) in [5, 5.41) is 13.0. The fourth-order valence-electron chi connectivity index (χ4n) is 1.08. The van der Waals surface area contributed by atoms with Crippen LogP contribution >= 0.6 is 15.9 Å². The van der Waals surface area contributed by atoms with Gasteiger partial charge >= 0.3 is 0 Å². The number of hydrogen-bond donors (Lipinski definition) is 2. The SMILES string of the molecule is COc1c(F)cc(Br)cc1NC(=O)C=NO. The number of halogens is 2. The van der Waals surface area contributed by atoms with Crippen molar-refractivity contribution in [2.24, 2.45) is 5.16 Å². The third-order valence-electron chi connectivity index (χ3n) is 1.65. The number of carbonyl (C=O) groups excluding carboxylic acids is 1. The summed E-state index contributed by atoms with van der Waals surface area (Å²) in [4.78, 5) is 11.1. The number of benzene rings is 1. The van der Waals surface area contributed by atoms with Crippen LogP contribution in [0.25, 0.3) is 0 Å². The van der Waals surface area contributed by atoms with E-state index in [0.717, 1.165) is 0 Å². The van der Waals surface area contributed by atoms with Crippen molar-refractivity contribution in [2.45, 2.75) is 0 Å². The molecule has 0 unspecified atom stereocenters. The molecule has 0 aliphatic carbocycles. The maximum atomic E-state index is 13.4. The van der Waals surface area contributed by atoms with E-state index in [-0.39, 0.29) is 11.4 Å². The quantitative estimate of drug-likeness (QED) is 0.508. The Morgan fingerprint density at radius 2 is 2.38 bits per heavy atom. The first kappa shape index (κ1) is 12.4. The number of hydrogen-bond acceptors (Lipinski definition) is 4. The number of carbonyl (C=O) groups is 1. The Balaban J connectivity index is 3.07. The molecule has 0 aliphatic rings. The van der Waals surface area contributed by atoms with Crippen LogP contribution in [0.1, 0.15) is 0 Å². The Bertz CT molecular complexity index is 437. The maximum absolute atomic E-state index is 13.4. The predicted molar refractivity (Wildman–Crippen MR) is 59.6 cm³/mol. The Labute approximate surface area is 99.0 Å². The van der Waals surface area contributed by atoms with Gasteiger partial charge in [0.2, 0.25) is 0 Å². The van der Waals surface area contributed by atoms with Crippen LogP contribution in [0.3, 0.4) is 0 Å². The molecule has 0 atom stereocenters. The second-order valence-corrected chi connectivity index (χ2v) is 3.62. The largest absolute Gasteiger partial charge is 0.492 e. The van der Waals surface area contributed by atoms with Gasteiger partial charge in [-0.1, -0.05) is 21.1 Å². The highest BCUT2D eigenvalue weighted by atomic mass is 79.9. The molecule has 0 saturated heterocycles. The van der Waals surface area contributed by atoms with Crippen LogP contribution in [0.4, 0.5) is 10.1 Å². The Kier molecular flexibility index (Phi) is 4.24. The first-order chi connectivity index (χ1) is 7.58. The number of nitrogens with zero attached hydrogens (tertiary/aromatic N) is 1. The molecule has 1 aromatic carbocycles. The van der Waals surface area contributed by atoms with E-state index in [9.17, 15) is 9.18 Å². The number of nitrogens with one attached hydrogen (secondary N) is 1. The highest BCUT2D eigenvalue weighted by molar-refractivity contribution is 9.10. The van der Waals surface area contributed by atoms with E-state index in [0.29, 0.717) is 10.7 Å². The van der Waals surface area contributed by atoms with Gasteiger partial charge in [-0.25, -0.2) is 4.39 Å². The number of amides is 1. The van der Waals surface area contributed by atoms with Gasteiger partial charge in [-0.2, -0.15) is 0 Å². The Morgan fingerprint density at radius 1 is 1.69 bits per heavy atom. The Morgan fingerprint density at radius 3 is 2.94 bits per heavy atom. The first-order valence-electron chi connectivity index (χ1n) is 4.10. The summed E-state index contributed by atoms with van der Waals surface area (Å²) < 4.78 is 18.6. The first-order valence-corrected chi connectivity index (χ1v) is 4.89. The van der Waals surface area contributed by atoms with Gasteiger partial charge in [0.25, 0.3) is 5.91 Å². The summed E-state index contributed by atoms with van der Waals surface area (Å²) in [5.41, 5.74) is 0.138. The molecule has 0 fully saturated rings. The highest BCUT2D eigenvalue weighted by Gasteiger charge is 2.12. The summed E-state index contributed by atoms with van der Waals surface area (Å²) in [5.74, 6) is -1.41. The van der Waals surface area contributed by atoms with Crippen molar-refractivity contribution in [3.63, 3.8) is 0 Å². The molecule has 5 nitrogen and oxygen atoms in total. The van der Waals surface area contributed by atoms with Crippen molar-refractivity contribution in [1.29, 1.82) is 0 Å². The minimum Gasteiger partial charge on any atom is -0.492 e. The van der Waals surface area contributed by atoms with Crippen molar-refractivity contribution in [1.82, 2.24) is 0 Å². The molecular weight excluding hydrogens is 283 g/mol. The van der Waals surface area contributed by atoms with Gasteiger partial charge in [0.1, 0.15) is 6.21 Å². The number of ether oxygens (including phenoxy) is 1. The average molecular weight is 291 g/mol. The van der Waals surface area contributed by atoms with Crippen molar-refractivity contribution in [3.05, 3.63) is 22.4 Å². The van der Waals surface area contributed by atoms with Crippen molar-refractivity contribution < 1.29 is 19.1 Å². The molecule has 1 aromatic rings. The minimum absolute atomic E-state index is 0.0945. The highest BCUT2D eigenvalue weighted by Crippen LogP contribution is 2.31. The molecule has 86 valence electrons. The Hall–Kier alpha value is -1.63. The fraction of sp³-hybridized carbons (Fsp3) is 0.111. The van der Waals surface area contributed by atoms with E-state index in [1.165, 1.54) is 19.2 Å². The molecule has 0 saturated carbocycles. The summed E-state index contributed by atoms with van der Waals surface area (Å²) in [6.07, 6.45) is 0.651. The lowest BCUT2D eigenvalue weighted by molar-refractivity contribution is -0.110. The van der Waals surface area contributed by atoms with Gasteiger partial charge in [0, 0.05) is 4.47 Å². The third-order valence-corrected chi connectivity index (χ3v) is 2.10. The monoisotopic (exact) mass is 290 g/mol. The van der Waals surface area contributed by atoms with Gasteiger partial charge in [-0.3, -0.25) is 4.79 Å². The molecule has 7 heteroatoms. The van der Waals surface area contributed by atoms with Crippen molar-refractivity contribution in [2.75, 3.05) is 12.4 Å². The van der Waals surface area contributed by atoms with E-state index >= 15 is 0 Å². The number of anilines is 1. The summed E-state index contributed by atoms with van der Waals surface area (Å²) in [7, 11) is 1.28. The molecule has 0 spiro atoms. The third kappa shape index (κ3) is 2.93. The summed E-state index contributed by atoms with van der Waals surface area (Å²) in [6, 6.07) is 2.67. The zero-order valence-corrected chi connectivity index (χ0v) is 9.78. The topological polar surface area (TPSA) is 70.9 Å². The molecule has 0 heterocycles. The van der Waals surface area contributed by atoms with Crippen LogP contribution in [0.15, 0.2) is 21.8 Å². The molecule has 0 radical (unpaired) electrons. The van der Waals surface area contributed by atoms with Gasteiger partial charge in [0.15, 0.2) is 11.6 Å². The van der Waals surface area contributed by atoms with E-state index in [1.807, 2.05) is 0 Å². The van der Waals surface area contributed by atoms with Crippen molar-refractivity contribution >= 4 is 33.7 Å². The summed E-state index contributed by atoms with van der Waals surface area (Å²) >= 11 is 3.08. The number of oxime groups is 1. The molecule has 0 bridgehead atoms. The van der Waals surface area contributed by atoms with Gasteiger partial charge in [-0.05, 0) is 12.1 Å². The van der Waals surface area contributed by atoms with Gasteiger partial charge in [-0.15, -0.1) is 0 Å². The predicted octanol–water partition coefficient (Wildman–Crippen LogP) is 2.00. The van der Waals surface area contributed by atoms with Crippen LogP contribution < -0.4 is 10.1 Å². The number of rotatable bonds is 3. The van der Waals surface area contributed by atoms with Crippen LogP contribution in [0, 0.1) is 5.82 Å². The lowest BCUT2D eigenvalue weighted by Gasteiger charge is -2.09. The standard InChI is InChI=1S/C9H8BrFN2O3/c1-16-9-6(11)2-5(10)3-7(9)13-8(14)4-12-15/h2-4,15H,1H3,(H,13,14). The lowest BCUT2D eigenvalue weighted by Crippen LogP contribution is -2.13. The van der Waals surface area contributed by atoms with Gasteiger partial charge in [0.05, 0.1) is 12.8 Å². The lowest BCUT2D eigenvalue weighted by atomic mass is 10.2. The van der Waals surface area contributed by atoms with Crippen LogP contribution in [-0.4, -0.2) is 24.4 Å². The molecular formula is C9H8BrFN2O3. The van der Waals surface area contributed by atoms with Crippen LogP contribution in [-0.2, 0) is 4.79 Å². The van der Waals surface area contributed by atoms with Crippen LogP contribution in [0.2, 0.25) is 0 Å². The molecule has 0 aromatic heterocycles. The minimum atomic E-state index is -0.696. The average Bonchev–Trinajstić information content (AvgIpc) is 2.17. The van der Waals surface area contributed by atoms with E-state index in [2.05, 4.69) is 26.4 Å². The van der Waals surface area contributed by atoms with E-state index in [1.54, 1.807) is 0 Å². The second kappa shape index (κ2) is 5.45. The number of methoxy groups -OCH3 is 1. The maximum Gasteiger partial charge on any atom is 0.270 e. The van der Waals surface area contributed by atoms with Crippen molar-refractivity contribution in [3.8, 4) is 5.75 Å². The van der Waals surface area contributed by atoms with E-state index < -0.39 is 11.7 Å². The normalized spacial score (nSPS) is 10.4. The van der Waals surface area contributed by atoms with E-state index in [4.69, 9.17) is 9.94 Å². The molecule has 1 amide bonds. The fourth-order valence-corrected chi connectivity index (χ4v) is 1.51.